The van der Waals surface area contributed by atoms with Crippen molar-refractivity contribution in [1.82, 2.24) is 0 Å². The van der Waals surface area contributed by atoms with Crippen molar-refractivity contribution in [2.75, 3.05) is 0 Å². The van der Waals surface area contributed by atoms with E-state index in [1.54, 1.807) is 0 Å². The second kappa shape index (κ2) is 4.98. The van der Waals surface area contributed by atoms with Crippen LogP contribution in [0.25, 0.3) is 0 Å². The Bertz CT molecular complexity index is 176. The van der Waals surface area contributed by atoms with Crippen molar-refractivity contribution < 1.29 is 39.7 Å². The zero-order chi connectivity index (χ0) is 6.69. The Morgan fingerprint density at radius 2 is 1.70 bits per heavy atom. The zero-order valence-electron chi connectivity index (χ0n) is 5.43. The molecule has 0 radical (unpaired) electrons. The number of hydrogen-bond acceptors (Lipinski definition) is 0. The van der Waals surface area contributed by atoms with E-state index < -0.39 is 4.77 Å². The predicted octanol–water partition coefficient (Wildman–Crippen LogP) is -0.795. The maximum atomic E-state index is 12.5. The summed E-state index contributed by atoms with van der Waals surface area (Å²) < 4.78 is 11.8. The van der Waals surface area contributed by atoms with Crippen LogP contribution in [-0.4, -0.2) is 0 Å². The molecule has 0 aliphatic heterocycles. The summed E-state index contributed by atoms with van der Waals surface area (Å²) in [5, 5.41) is 0. The summed E-state index contributed by atoms with van der Waals surface area (Å²) in [5.74, 6) is 0. The first kappa shape index (κ1) is 10.3. The van der Waals surface area contributed by atoms with Gasteiger partial charge in [0.15, 0.2) is 0 Å². The minimum Gasteiger partial charge on any atom is -1.00 e. The standard InChI is InChI=1S/C7H6F.BrH.Zn/c8-6-7-4-2-1-3-5-7;;/h1-6H;1H;/q;;+1/p-1. The van der Waals surface area contributed by atoms with E-state index in [0.29, 0.717) is 18.3 Å². The molecule has 0 bridgehead atoms. The van der Waals surface area contributed by atoms with Gasteiger partial charge in [-0.1, -0.05) is 0 Å². The first-order valence-electron chi connectivity index (χ1n) is 2.83. The molecule has 1 atom stereocenters. The van der Waals surface area contributed by atoms with Gasteiger partial charge in [0, 0.05) is 0 Å². The van der Waals surface area contributed by atoms with Crippen LogP contribution in [0.5, 0.6) is 0 Å². The van der Waals surface area contributed by atoms with E-state index in [1.807, 2.05) is 30.3 Å². The molecule has 1 aromatic rings. The maximum Gasteiger partial charge on any atom is -1.00 e. The monoisotopic (exact) mass is 252 g/mol. The van der Waals surface area contributed by atoms with Crippen molar-refractivity contribution in [1.29, 1.82) is 0 Å². The third-order valence-electron chi connectivity index (χ3n) is 1.16. The minimum absolute atomic E-state index is 0. The Hall–Kier alpha value is 0.253. The third-order valence-corrected chi connectivity index (χ3v) is 2.15. The quantitative estimate of drug-likeness (QED) is 0.576. The van der Waals surface area contributed by atoms with Gasteiger partial charge in [0.1, 0.15) is 0 Å². The van der Waals surface area contributed by atoms with Crippen molar-refractivity contribution >= 4 is 0 Å². The molecule has 50 valence electrons. The van der Waals surface area contributed by atoms with Gasteiger partial charge in [0.2, 0.25) is 0 Å². The number of benzene rings is 1. The summed E-state index contributed by atoms with van der Waals surface area (Å²) in [6, 6.07) is 9.24. The minimum atomic E-state index is -0.716. The molecule has 0 nitrogen and oxygen atoms in total. The molecule has 0 spiro atoms. The van der Waals surface area contributed by atoms with Gasteiger partial charge in [0.25, 0.3) is 0 Å². The van der Waals surface area contributed by atoms with Gasteiger partial charge in [-0.15, -0.1) is 0 Å². The summed E-state index contributed by atoms with van der Waals surface area (Å²) in [4.78, 5) is 0. The third kappa shape index (κ3) is 2.89. The van der Waals surface area contributed by atoms with Crippen LogP contribution in [0.15, 0.2) is 30.3 Å². The summed E-state index contributed by atoms with van der Waals surface area (Å²) in [5.41, 5.74) is 0.803. The average molecular weight is 254 g/mol. The maximum absolute atomic E-state index is 12.5. The van der Waals surface area contributed by atoms with E-state index >= 15 is 0 Å². The second-order valence-electron chi connectivity index (χ2n) is 1.88. The van der Waals surface area contributed by atoms with Crippen molar-refractivity contribution in [3.8, 4) is 0 Å². The number of hydrogen-bond donors (Lipinski definition) is 0. The Morgan fingerprint density at radius 1 is 1.20 bits per heavy atom. The van der Waals surface area contributed by atoms with Gasteiger partial charge in [-0.2, -0.15) is 0 Å². The number of halogens is 2. The van der Waals surface area contributed by atoms with Crippen molar-refractivity contribution in [2.45, 2.75) is 4.77 Å². The normalized spacial score (nSPS) is 11.9. The fraction of sp³-hybridized carbons (Fsp3) is 0.143. The van der Waals surface area contributed by atoms with Crippen LogP contribution in [-0.2, 0) is 18.3 Å². The van der Waals surface area contributed by atoms with Crippen LogP contribution >= 0.6 is 0 Å². The van der Waals surface area contributed by atoms with Crippen molar-refractivity contribution in [2.24, 2.45) is 0 Å². The molecule has 0 fully saturated rings. The van der Waals surface area contributed by atoms with E-state index in [1.165, 1.54) is 0 Å². The van der Waals surface area contributed by atoms with Gasteiger partial charge in [-0.05, 0) is 0 Å². The molecular formula is C7H6BrFZn. The SMILES string of the molecule is F[CH]([Zn+])c1ccccc1.[Br-]. The number of rotatable bonds is 1. The van der Waals surface area contributed by atoms with Gasteiger partial charge < -0.3 is 17.0 Å². The average Bonchev–Trinajstić information content (AvgIpc) is 1.90. The fourth-order valence-corrected chi connectivity index (χ4v) is 1.23. The Kier molecular flexibility index (Phi) is 5.10. The molecule has 0 saturated heterocycles. The van der Waals surface area contributed by atoms with E-state index in [0.717, 1.165) is 5.56 Å². The largest absolute Gasteiger partial charge is 1.00 e. The van der Waals surface area contributed by atoms with Crippen LogP contribution in [0.1, 0.15) is 10.3 Å². The van der Waals surface area contributed by atoms with Crippen LogP contribution in [0.2, 0.25) is 0 Å². The molecule has 0 aliphatic rings. The molecule has 1 rings (SSSR count). The molecule has 0 aliphatic carbocycles. The summed E-state index contributed by atoms with van der Waals surface area (Å²) >= 11 is 0.685. The van der Waals surface area contributed by atoms with Crippen LogP contribution in [0.3, 0.4) is 0 Å². The van der Waals surface area contributed by atoms with Gasteiger partial charge in [-0.25, -0.2) is 0 Å². The predicted molar refractivity (Wildman–Crippen MR) is 30.3 cm³/mol. The van der Waals surface area contributed by atoms with E-state index in [-0.39, 0.29) is 17.0 Å². The van der Waals surface area contributed by atoms with Gasteiger partial charge in [-0.3, -0.25) is 0 Å². The van der Waals surface area contributed by atoms with Gasteiger partial charge >= 0.3 is 63.4 Å². The fourth-order valence-electron chi connectivity index (χ4n) is 0.662. The molecule has 0 N–H and O–H groups in total. The molecule has 0 heterocycles. The van der Waals surface area contributed by atoms with E-state index in [4.69, 9.17) is 0 Å². The smallest absolute Gasteiger partial charge is 1.00 e. The molecule has 1 aromatic carbocycles. The zero-order valence-corrected chi connectivity index (χ0v) is 9.98. The Labute approximate surface area is 80.3 Å². The molecular weight excluding hydrogens is 248 g/mol. The topological polar surface area (TPSA) is 0 Å². The molecule has 0 amide bonds. The summed E-state index contributed by atoms with van der Waals surface area (Å²) in [6.45, 7) is 0. The first-order chi connectivity index (χ1) is 4.30. The van der Waals surface area contributed by atoms with Gasteiger partial charge in [0.05, 0.1) is 0 Å². The van der Waals surface area contributed by atoms with Crippen LogP contribution < -0.4 is 17.0 Å². The van der Waals surface area contributed by atoms with E-state index in [9.17, 15) is 4.39 Å². The molecule has 3 heteroatoms. The van der Waals surface area contributed by atoms with Crippen LogP contribution in [0, 0.1) is 0 Å². The molecule has 1 unspecified atom stereocenters. The molecule has 0 saturated carbocycles. The van der Waals surface area contributed by atoms with Crippen LogP contribution in [0.4, 0.5) is 4.39 Å². The van der Waals surface area contributed by atoms with E-state index in [2.05, 4.69) is 0 Å². The summed E-state index contributed by atoms with van der Waals surface area (Å²) in [7, 11) is 0. The Balaban J connectivity index is 0.000000810. The second-order valence-corrected chi connectivity index (χ2v) is 3.38. The Morgan fingerprint density at radius 3 is 2.00 bits per heavy atom. The molecule has 10 heavy (non-hydrogen) atoms. The molecule has 0 aromatic heterocycles. The first-order valence-corrected chi connectivity index (χ1v) is 4.54. The summed E-state index contributed by atoms with van der Waals surface area (Å²) in [6.07, 6.45) is 0. The van der Waals surface area contributed by atoms with Crippen molar-refractivity contribution in [3.05, 3.63) is 35.9 Å². The number of alkyl halides is 1. The van der Waals surface area contributed by atoms with Crippen molar-refractivity contribution in [3.63, 3.8) is 0 Å².